The Kier molecular flexibility index (Phi) is 6.61. The summed E-state index contributed by atoms with van der Waals surface area (Å²) in [6.45, 7) is -0.260. The van der Waals surface area contributed by atoms with Crippen LogP contribution in [0.4, 0.5) is 5.69 Å². The molecule has 0 heterocycles. The summed E-state index contributed by atoms with van der Waals surface area (Å²) in [6, 6.07) is 9.09. The topological polar surface area (TPSA) is 79.2 Å². The summed E-state index contributed by atoms with van der Waals surface area (Å²) in [5, 5.41) is 11.3. The van der Waals surface area contributed by atoms with Gasteiger partial charge in [0, 0.05) is 12.1 Å². The molecule has 5 nitrogen and oxygen atoms in total. The number of nitrogens with zero attached hydrogens (tertiary/aromatic N) is 1. The average molecular weight is 314 g/mol. The Labute approximate surface area is 136 Å². The Hall–Kier alpha value is -2.35. The summed E-state index contributed by atoms with van der Waals surface area (Å²) in [5.41, 5.74) is 1.52. The fraction of sp³-hybridized carbons (Fsp3) is 0.500. The van der Waals surface area contributed by atoms with Crippen molar-refractivity contribution in [3.05, 3.63) is 29.8 Å². The Bertz CT molecular complexity index is 569. The molecule has 0 aliphatic heterocycles. The molecule has 23 heavy (non-hydrogen) atoms. The van der Waals surface area contributed by atoms with E-state index in [4.69, 9.17) is 10.00 Å². The van der Waals surface area contributed by atoms with E-state index in [1.807, 2.05) is 0 Å². The van der Waals surface area contributed by atoms with Crippen LogP contribution in [0.15, 0.2) is 24.3 Å². The molecule has 1 aliphatic rings. The highest BCUT2D eigenvalue weighted by molar-refractivity contribution is 5.92. The van der Waals surface area contributed by atoms with Gasteiger partial charge in [0.15, 0.2) is 6.61 Å². The minimum atomic E-state index is -0.354. The number of nitriles is 1. The maximum atomic E-state index is 11.7. The van der Waals surface area contributed by atoms with E-state index < -0.39 is 0 Å². The lowest BCUT2D eigenvalue weighted by Crippen LogP contribution is -2.21. The van der Waals surface area contributed by atoms with Gasteiger partial charge in [-0.15, -0.1) is 0 Å². The van der Waals surface area contributed by atoms with E-state index >= 15 is 0 Å². The molecule has 0 aromatic heterocycles. The molecule has 122 valence electrons. The molecule has 0 unspecified atom stereocenters. The molecule has 1 aromatic carbocycles. The van der Waals surface area contributed by atoms with Gasteiger partial charge in [-0.3, -0.25) is 9.59 Å². The van der Waals surface area contributed by atoms with E-state index in [2.05, 4.69) is 11.4 Å². The summed E-state index contributed by atoms with van der Waals surface area (Å²) in [4.78, 5) is 23.4. The van der Waals surface area contributed by atoms with Crippen LogP contribution in [0.3, 0.4) is 0 Å². The number of ether oxygens (including phenoxy) is 1. The van der Waals surface area contributed by atoms with Crippen LogP contribution in [0, 0.1) is 17.2 Å². The van der Waals surface area contributed by atoms with Crippen LogP contribution in [0.25, 0.3) is 0 Å². The number of carbonyl (C=O) groups excluding carboxylic acids is 2. The lowest BCUT2D eigenvalue weighted by Gasteiger charge is -2.09. The number of esters is 1. The van der Waals surface area contributed by atoms with Crippen LogP contribution in [-0.4, -0.2) is 18.5 Å². The Morgan fingerprint density at radius 2 is 1.91 bits per heavy atom. The average Bonchev–Trinajstić information content (AvgIpc) is 3.06. The van der Waals surface area contributed by atoms with Gasteiger partial charge in [0.05, 0.1) is 12.5 Å². The number of hydrogen-bond donors (Lipinski definition) is 1. The van der Waals surface area contributed by atoms with Gasteiger partial charge < -0.3 is 10.1 Å². The van der Waals surface area contributed by atoms with Gasteiger partial charge in [0.25, 0.3) is 5.91 Å². The molecule has 0 radical (unpaired) electrons. The molecular formula is C18H22N2O3. The van der Waals surface area contributed by atoms with Crippen molar-refractivity contribution in [3.63, 3.8) is 0 Å². The zero-order valence-corrected chi connectivity index (χ0v) is 13.2. The van der Waals surface area contributed by atoms with Crippen LogP contribution in [0.5, 0.6) is 0 Å². The first-order valence-corrected chi connectivity index (χ1v) is 8.08. The number of rotatable bonds is 7. The van der Waals surface area contributed by atoms with Gasteiger partial charge in [-0.25, -0.2) is 0 Å². The highest BCUT2D eigenvalue weighted by Gasteiger charge is 2.17. The highest BCUT2D eigenvalue weighted by Crippen LogP contribution is 2.28. The third-order valence-corrected chi connectivity index (χ3v) is 4.12. The quantitative estimate of drug-likeness (QED) is 0.784. The second-order valence-electron chi connectivity index (χ2n) is 5.93. The van der Waals surface area contributed by atoms with E-state index in [1.165, 1.54) is 25.7 Å². The first-order valence-electron chi connectivity index (χ1n) is 8.08. The highest BCUT2D eigenvalue weighted by atomic mass is 16.5. The van der Waals surface area contributed by atoms with Crippen molar-refractivity contribution in [1.82, 2.24) is 0 Å². The molecule has 1 N–H and O–H groups in total. The maximum absolute atomic E-state index is 11.7. The number of nitrogens with one attached hydrogen (secondary N) is 1. The van der Waals surface area contributed by atoms with Gasteiger partial charge in [-0.2, -0.15) is 5.26 Å². The zero-order chi connectivity index (χ0) is 16.5. The molecule has 0 spiro atoms. The smallest absolute Gasteiger partial charge is 0.306 e. The third-order valence-electron chi connectivity index (χ3n) is 4.12. The van der Waals surface area contributed by atoms with E-state index in [0.29, 0.717) is 24.4 Å². The summed E-state index contributed by atoms with van der Waals surface area (Å²) >= 11 is 0. The van der Waals surface area contributed by atoms with Gasteiger partial charge in [0.2, 0.25) is 0 Å². The van der Waals surface area contributed by atoms with Crippen LogP contribution in [0.2, 0.25) is 0 Å². The second kappa shape index (κ2) is 8.94. The Morgan fingerprint density at radius 3 is 2.57 bits per heavy atom. The maximum Gasteiger partial charge on any atom is 0.306 e. The lowest BCUT2D eigenvalue weighted by atomic mass is 10.0. The molecule has 0 bridgehead atoms. The van der Waals surface area contributed by atoms with Crippen LogP contribution >= 0.6 is 0 Å². The van der Waals surface area contributed by atoms with E-state index in [9.17, 15) is 9.59 Å². The predicted molar refractivity (Wildman–Crippen MR) is 86.5 cm³/mol. The molecule has 0 saturated heterocycles. The zero-order valence-electron chi connectivity index (χ0n) is 13.2. The lowest BCUT2D eigenvalue weighted by molar-refractivity contribution is -0.147. The van der Waals surface area contributed by atoms with Crippen LogP contribution in [-0.2, 0) is 20.7 Å². The number of anilines is 1. The summed E-state index contributed by atoms with van der Waals surface area (Å²) in [7, 11) is 0. The van der Waals surface area contributed by atoms with E-state index in [-0.39, 0.29) is 18.5 Å². The van der Waals surface area contributed by atoms with Gasteiger partial charge in [0.1, 0.15) is 0 Å². The predicted octanol–water partition coefficient (Wildman–Crippen LogP) is 3.20. The Balaban J connectivity index is 1.65. The van der Waals surface area contributed by atoms with Crippen molar-refractivity contribution >= 4 is 17.6 Å². The Morgan fingerprint density at radius 1 is 1.22 bits per heavy atom. The number of carbonyl (C=O) groups is 2. The minimum absolute atomic E-state index is 0.260. The first kappa shape index (κ1) is 17.0. The van der Waals surface area contributed by atoms with Gasteiger partial charge in [-0.05, 0) is 30.0 Å². The molecule has 0 atom stereocenters. The number of hydrogen-bond acceptors (Lipinski definition) is 4. The molecule has 1 aromatic rings. The standard InChI is InChI=1S/C18H22N2O3/c19-12-11-15-5-8-16(9-6-15)20-17(21)13-23-18(22)10-7-14-3-1-2-4-14/h5-6,8-9,14H,1-4,7,10-11,13H2,(H,20,21). The van der Waals surface area contributed by atoms with Gasteiger partial charge >= 0.3 is 5.97 Å². The number of benzene rings is 1. The molecule has 1 aliphatic carbocycles. The monoisotopic (exact) mass is 314 g/mol. The normalized spacial score (nSPS) is 14.2. The van der Waals surface area contributed by atoms with Crippen LogP contribution in [0.1, 0.15) is 44.1 Å². The van der Waals surface area contributed by atoms with Crippen molar-refractivity contribution in [2.24, 2.45) is 5.92 Å². The summed E-state index contributed by atoms with van der Waals surface area (Å²) in [5.74, 6) is -0.0213. The molecular weight excluding hydrogens is 292 g/mol. The van der Waals surface area contributed by atoms with Crippen molar-refractivity contribution in [2.45, 2.75) is 44.9 Å². The molecule has 2 rings (SSSR count). The summed E-state index contributed by atoms with van der Waals surface area (Å²) in [6.07, 6.45) is 6.52. The third kappa shape index (κ3) is 6.11. The molecule has 1 saturated carbocycles. The molecule has 5 heteroatoms. The van der Waals surface area contributed by atoms with E-state index in [1.54, 1.807) is 24.3 Å². The van der Waals surface area contributed by atoms with Crippen molar-refractivity contribution in [3.8, 4) is 6.07 Å². The van der Waals surface area contributed by atoms with Crippen LogP contribution < -0.4 is 5.32 Å². The molecule has 1 amide bonds. The van der Waals surface area contributed by atoms with Crippen molar-refractivity contribution in [2.75, 3.05) is 11.9 Å². The van der Waals surface area contributed by atoms with E-state index in [0.717, 1.165) is 12.0 Å². The number of amides is 1. The molecule has 1 fully saturated rings. The van der Waals surface area contributed by atoms with Gasteiger partial charge in [-0.1, -0.05) is 37.8 Å². The SMILES string of the molecule is N#CCc1ccc(NC(=O)COC(=O)CCC2CCCC2)cc1. The fourth-order valence-electron chi connectivity index (χ4n) is 2.83. The largest absolute Gasteiger partial charge is 0.456 e. The second-order valence-corrected chi connectivity index (χ2v) is 5.93. The summed E-state index contributed by atoms with van der Waals surface area (Å²) < 4.78 is 5.00. The fourth-order valence-corrected chi connectivity index (χ4v) is 2.83. The first-order chi connectivity index (χ1) is 11.2. The van der Waals surface area contributed by atoms with Crippen molar-refractivity contribution < 1.29 is 14.3 Å². The minimum Gasteiger partial charge on any atom is -0.456 e. The van der Waals surface area contributed by atoms with Crippen molar-refractivity contribution in [1.29, 1.82) is 5.26 Å².